The van der Waals surface area contributed by atoms with Gasteiger partial charge in [-0.3, -0.25) is 9.78 Å². The van der Waals surface area contributed by atoms with E-state index >= 15 is 0 Å². The molecule has 68 valence electrons. The van der Waals surface area contributed by atoms with Crippen LogP contribution in [0, 0.1) is 0 Å². The van der Waals surface area contributed by atoms with E-state index < -0.39 is 0 Å². The predicted molar refractivity (Wildman–Crippen MR) is 48.1 cm³/mol. The molecule has 1 amide bonds. The fraction of sp³-hybridized carbons (Fsp3) is 0.333. The Morgan fingerprint density at radius 1 is 1.46 bits per heavy atom. The summed E-state index contributed by atoms with van der Waals surface area (Å²) >= 11 is 0. The molecule has 1 aliphatic rings. The number of rotatable bonds is 1. The van der Waals surface area contributed by atoms with Gasteiger partial charge in [0, 0.05) is 37.1 Å². The standard InChI is InChI=1S/C9H11N3O/c10-8-5-12(6-8)9(13)7-1-3-11-4-2-7/h1-4,8H,5-6,10H2. The van der Waals surface area contributed by atoms with Crippen LogP contribution in [-0.2, 0) is 0 Å². The summed E-state index contributed by atoms with van der Waals surface area (Å²) in [4.78, 5) is 17.2. The van der Waals surface area contributed by atoms with Crippen LogP contribution >= 0.6 is 0 Å². The lowest BCUT2D eigenvalue weighted by molar-refractivity contribution is 0.0608. The molecule has 0 aromatic carbocycles. The molecular formula is C9H11N3O. The third-order valence-corrected chi connectivity index (χ3v) is 2.12. The molecule has 1 saturated heterocycles. The molecule has 1 aliphatic heterocycles. The molecule has 0 spiro atoms. The zero-order chi connectivity index (χ0) is 9.26. The number of carbonyl (C=O) groups excluding carboxylic acids is 1. The zero-order valence-corrected chi connectivity index (χ0v) is 7.18. The van der Waals surface area contributed by atoms with E-state index in [0.29, 0.717) is 18.7 Å². The van der Waals surface area contributed by atoms with Crippen molar-refractivity contribution >= 4 is 5.91 Å². The summed E-state index contributed by atoms with van der Waals surface area (Å²) in [6.07, 6.45) is 3.24. The van der Waals surface area contributed by atoms with Crippen LogP contribution in [0.4, 0.5) is 0 Å². The Morgan fingerprint density at radius 3 is 2.62 bits per heavy atom. The summed E-state index contributed by atoms with van der Waals surface area (Å²) in [5.74, 6) is 0.0455. The van der Waals surface area contributed by atoms with Gasteiger partial charge in [0.1, 0.15) is 0 Å². The maximum absolute atomic E-state index is 11.6. The van der Waals surface area contributed by atoms with Gasteiger partial charge in [0.05, 0.1) is 0 Å². The van der Waals surface area contributed by atoms with Gasteiger partial charge in [-0.15, -0.1) is 0 Å². The van der Waals surface area contributed by atoms with Gasteiger partial charge < -0.3 is 10.6 Å². The molecule has 2 rings (SSSR count). The smallest absolute Gasteiger partial charge is 0.254 e. The number of nitrogens with zero attached hydrogens (tertiary/aromatic N) is 2. The number of likely N-dealkylation sites (tertiary alicyclic amines) is 1. The first-order chi connectivity index (χ1) is 6.27. The molecule has 1 aromatic heterocycles. The van der Waals surface area contributed by atoms with Gasteiger partial charge in [-0.05, 0) is 12.1 Å². The van der Waals surface area contributed by atoms with Gasteiger partial charge >= 0.3 is 0 Å². The van der Waals surface area contributed by atoms with Crippen LogP contribution in [0.2, 0.25) is 0 Å². The Balaban J connectivity index is 2.06. The number of hydrogen-bond acceptors (Lipinski definition) is 3. The summed E-state index contributed by atoms with van der Waals surface area (Å²) in [6.45, 7) is 1.34. The van der Waals surface area contributed by atoms with E-state index in [2.05, 4.69) is 4.98 Å². The van der Waals surface area contributed by atoms with Crippen molar-refractivity contribution in [1.82, 2.24) is 9.88 Å². The Morgan fingerprint density at radius 2 is 2.08 bits per heavy atom. The average molecular weight is 177 g/mol. The Bertz CT molecular complexity index is 306. The molecule has 0 bridgehead atoms. The molecule has 0 saturated carbocycles. The molecule has 0 aliphatic carbocycles. The molecule has 2 N–H and O–H groups in total. The van der Waals surface area contributed by atoms with Crippen LogP contribution in [0.3, 0.4) is 0 Å². The van der Waals surface area contributed by atoms with E-state index in [9.17, 15) is 4.79 Å². The number of carbonyl (C=O) groups is 1. The molecule has 0 atom stereocenters. The van der Waals surface area contributed by atoms with Crippen LogP contribution < -0.4 is 5.73 Å². The average Bonchev–Trinajstić information content (AvgIpc) is 2.13. The van der Waals surface area contributed by atoms with Gasteiger partial charge in [0.15, 0.2) is 0 Å². The molecule has 4 nitrogen and oxygen atoms in total. The molecule has 13 heavy (non-hydrogen) atoms. The minimum Gasteiger partial charge on any atom is -0.335 e. The van der Waals surface area contributed by atoms with E-state index in [4.69, 9.17) is 5.73 Å². The van der Waals surface area contributed by atoms with Crippen LogP contribution in [0.15, 0.2) is 24.5 Å². The first-order valence-corrected chi connectivity index (χ1v) is 4.22. The maximum atomic E-state index is 11.6. The van der Waals surface area contributed by atoms with Gasteiger partial charge in [0.2, 0.25) is 0 Å². The summed E-state index contributed by atoms with van der Waals surface area (Å²) < 4.78 is 0. The SMILES string of the molecule is NC1CN(C(=O)c2ccncc2)C1. The van der Waals surface area contributed by atoms with Crippen molar-refractivity contribution in [3.8, 4) is 0 Å². The van der Waals surface area contributed by atoms with E-state index in [1.165, 1.54) is 0 Å². The van der Waals surface area contributed by atoms with Gasteiger partial charge in [-0.1, -0.05) is 0 Å². The van der Waals surface area contributed by atoms with Crippen LogP contribution in [-0.4, -0.2) is 34.9 Å². The van der Waals surface area contributed by atoms with Crippen molar-refractivity contribution in [3.05, 3.63) is 30.1 Å². The Labute approximate surface area is 76.4 Å². The van der Waals surface area contributed by atoms with Gasteiger partial charge in [0.25, 0.3) is 5.91 Å². The molecule has 1 fully saturated rings. The first-order valence-electron chi connectivity index (χ1n) is 4.22. The first kappa shape index (κ1) is 8.19. The van der Waals surface area contributed by atoms with E-state index in [1.54, 1.807) is 29.4 Å². The van der Waals surface area contributed by atoms with Crippen molar-refractivity contribution < 1.29 is 4.79 Å². The third kappa shape index (κ3) is 1.53. The van der Waals surface area contributed by atoms with Crippen molar-refractivity contribution in [3.63, 3.8) is 0 Å². The predicted octanol–water partition coefficient (Wildman–Crippen LogP) is -0.135. The highest BCUT2D eigenvalue weighted by molar-refractivity contribution is 5.94. The topological polar surface area (TPSA) is 59.2 Å². The van der Waals surface area contributed by atoms with E-state index in [1.807, 2.05) is 0 Å². The highest BCUT2D eigenvalue weighted by Crippen LogP contribution is 2.10. The van der Waals surface area contributed by atoms with Crippen molar-refractivity contribution in [1.29, 1.82) is 0 Å². The van der Waals surface area contributed by atoms with Gasteiger partial charge in [-0.2, -0.15) is 0 Å². The van der Waals surface area contributed by atoms with Crippen molar-refractivity contribution in [2.24, 2.45) is 5.73 Å². The monoisotopic (exact) mass is 177 g/mol. The fourth-order valence-corrected chi connectivity index (χ4v) is 1.36. The second-order valence-corrected chi connectivity index (χ2v) is 3.21. The lowest BCUT2D eigenvalue weighted by atomic mass is 10.1. The molecule has 0 unspecified atom stereocenters. The zero-order valence-electron chi connectivity index (χ0n) is 7.18. The lowest BCUT2D eigenvalue weighted by Gasteiger charge is -2.36. The number of pyridine rings is 1. The lowest BCUT2D eigenvalue weighted by Crippen LogP contribution is -2.57. The summed E-state index contributed by atoms with van der Waals surface area (Å²) in [7, 11) is 0. The maximum Gasteiger partial charge on any atom is 0.254 e. The molecule has 0 radical (unpaired) electrons. The third-order valence-electron chi connectivity index (χ3n) is 2.12. The van der Waals surface area contributed by atoms with Gasteiger partial charge in [-0.25, -0.2) is 0 Å². The Hall–Kier alpha value is -1.42. The highest BCUT2D eigenvalue weighted by atomic mass is 16.2. The Kier molecular flexibility index (Phi) is 1.98. The number of amides is 1. The second kappa shape index (κ2) is 3.14. The number of aromatic nitrogens is 1. The second-order valence-electron chi connectivity index (χ2n) is 3.21. The number of hydrogen-bond donors (Lipinski definition) is 1. The molecule has 2 heterocycles. The summed E-state index contributed by atoms with van der Waals surface area (Å²) in [5.41, 5.74) is 6.26. The van der Waals surface area contributed by atoms with Crippen molar-refractivity contribution in [2.75, 3.05) is 13.1 Å². The minimum atomic E-state index is 0.0455. The quantitative estimate of drug-likeness (QED) is 0.649. The van der Waals surface area contributed by atoms with E-state index in [0.717, 1.165) is 0 Å². The van der Waals surface area contributed by atoms with Crippen molar-refractivity contribution in [2.45, 2.75) is 6.04 Å². The van der Waals surface area contributed by atoms with Crippen LogP contribution in [0.5, 0.6) is 0 Å². The summed E-state index contributed by atoms with van der Waals surface area (Å²) in [5, 5.41) is 0. The molecule has 1 aromatic rings. The minimum absolute atomic E-state index is 0.0455. The molecule has 4 heteroatoms. The number of nitrogens with two attached hydrogens (primary N) is 1. The highest BCUT2D eigenvalue weighted by Gasteiger charge is 2.27. The van der Waals surface area contributed by atoms with Crippen LogP contribution in [0.1, 0.15) is 10.4 Å². The fourth-order valence-electron chi connectivity index (χ4n) is 1.36. The molecular weight excluding hydrogens is 166 g/mol. The largest absolute Gasteiger partial charge is 0.335 e. The van der Waals surface area contributed by atoms with E-state index in [-0.39, 0.29) is 11.9 Å². The normalized spacial score (nSPS) is 16.8. The van der Waals surface area contributed by atoms with Crippen LogP contribution in [0.25, 0.3) is 0 Å². The summed E-state index contributed by atoms with van der Waals surface area (Å²) in [6, 6.07) is 3.59.